The number of benzene rings is 1. The standard InChI is InChI=1S/C12H10F2N2O/c13-10-2-1-3-11(14)9(10)6-12(17)8-4-5-15-16-7-8/h1-5,7,12,17H,6H2. The second kappa shape index (κ2) is 4.97. The zero-order valence-corrected chi connectivity index (χ0v) is 8.85. The number of hydrogen-bond donors (Lipinski definition) is 1. The van der Waals surface area contributed by atoms with Crippen molar-refractivity contribution in [3.8, 4) is 0 Å². The van der Waals surface area contributed by atoms with E-state index in [0.717, 1.165) is 12.1 Å². The summed E-state index contributed by atoms with van der Waals surface area (Å²) in [4.78, 5) is 0. The fourth-order valence-corrected chi connectivity index (χ4v) is 1.54. The Hall–Kier alpha value is -1.88. The number of aliphatic hydroxyl groups is 1. The van der Waals surface area contributed by atoms with Crippen LogP contribution in [0.2, 0.25) is 0 Å². The van der Waals surface area contributed by atoms with Gasteiger partial charge in [-0.05, 0) is 18.2 Å². The summed E-state index contributed by atoms with van der Waals surface area (Å²) < 4.78 is 26.7. The Labute approximate surface area is 96.8 Å². The fraction of sp³-hybridized carbons (Fsp3) is 0.167. The molecule has 2 aromatic rings. The molecule has 0 saturated carbocycles. The molecule has 88 valence electrons. The summed E-state index contributed by atoms with van der Waals surface area (Å²) >= 11 is 0. The summed E-state index contributed by atoms with van der Waals surface area (Å²) in [6.45, 7) is 0. The topological polar surface area (TPSA) is 46.0 Å². The van der Waals surface area contributed by atoms with Crippen molar-refractivity contribution in [3.05, 3.63) is 59.4 Å². The molecule has 0 aliphatic rings. The van der Waals surface area contributed by atoms with Gasteiger partial charge in [0, 0.05) is 23.7 Å². The second-order valence-corrected chi connectivity index (χ2v) is 3.60. The monoisotopic (exact) mass is 236 g/mol. The number of halogens is 2. The molecule has 0 fully saturated rings. The Kier molecular flexibility index (Phi) is 3.39. The van der Waals surface area contributed by atoms with E-state index < -0.39 is 17.7 Å². The number of aliphatic hydroxyl groups excluding tert-OH is 1. The molecule has 0 bridgehead atoms. The van der Waals surface area contributed by atoms with Crippen LogP contribution in [0.15, 0.2) is 36.7 Å². The van der Waals surface area contributed by atoms with Gasteiger partial charge in [0.1, 0.15) is 11.6 Å². The van der Waals surface area contributed by atoms with Gasteiger partial charge in [-0.2, -0.15) is 10.2 Å². The van der Waals surface area contributed by atoms with Crippen molar-refractivity contribution in [1.82, 2.24) is 10.2 Å². The molecule has 5 heteroatoms. The van der Waals surface area contributed by atoms with Crippen molar-refractivity contribution in [2.45, 2.75) is 12.5 Å². The average molecular weight is 236 g/mol. The minimum atomic E-state index is -1.00. The Balaban J connectivity index is 2.22. The number of rotatable bonds is 3. The molecule has 1 atom stereocenters. The summed E-state index contributed by atoms with van der Waals surface area (Å²) in [5, 5.41) is 17.0. The summed E-state index contributed by atoms with van der Waals surface area (Å²) in [6, 6.07) is 5.16. The Bertz CT molecular complexity index is 485. The van der Waals surface area contributed by atoms with Crippen LogP contribution in [0.3, 0.4) is 0 Å². The van der Waals surface area contributed by atoms with Gasteiger partial charge in [0.05, 0.1) is 12.3 Å². The smallest absolute Gasteiger partial charge is 0.129 e. The molecule has 3 nitrogen and oxygen atoms in total. The van der Waals surface area contributed by atoms with E-state index in [4.69, 9.17) is 0 Å². The molecule has 0 saturated heterocycles. The molecule has 17 heavy (non-hydrogen) atoms. The quantitative estimate of drug-likeness (QED) is 0.886. The minimum Gasteiger partial charge on any atom is -0.388 e. The molecule has 0 aliphatic carbocycles. The van der Waals surface area contributed by atoms with Crippen LogP contribution in [0.1, 0.15) is 17.2 Å². The first kappa shape index (κ1) is 11.6. The number of nitrogens with zero attached hydrogens (tertiary/aromatic N) is 2. The van der Waals surface area contributed by atoms with E-state index in [1.165, 1.54) is 18.5 Å². The van der Waals surface area contributed by atoms with E-state index in [1.54, 1.807) is 6.07 Å². The van der Waals surface area contributed by atoms with Gasteiger partial charge in [0.2, 0.25) is 0 Å². The van der Waals surface area contributed by atoms with Gasteiger partial charge >= 0.3 is 0 Å². The highest BCUT2D eigenvalue weighted by atomic mass is 19.1. The zero-order valence-electron chi connectivity index (χ0n) is 8.85. The van der Waals surface area contributed by atoms with Crippen LogP contribution >= 0.6 is 0 Å². The highest BCUT2D eigenvalue weighted by Gasteiger charge is 2.15. The van der Waals surface area contributed by atoms with Gasteiger partial charge in [0.15, 0.2) is 0 Å². The summed E-state index contributed by atoms with van der Waals surface area (Å²) in [5.74, 6) is -1.32. The van der Waals surface area contributed by atoms with E-state index in [-0.39, 0.29) is 12.0 Å². The molecule has 0 spiro atoms. The zero-order chi connectivity index (χ0) is 12.3. The van der Waals surface area contributed by atoms with Crippen molar-refractivity contribution in [1.29, 1.82) is 0 Å². The van der Waals surface area contributed by atoms with Crippen molar-refractivity contribution in [2.24, 2.45) is 0 Å². The van der Waals surface area contributed by atoms with E-state index in [1.807, 2.05) is 0 Å². The maximum atomic E-state index is 13.3. The second-order valence-electron chi connectivity index (χ2n) is 3.60. The van der Waals surface area contributed by atoms with E-state index in [0.29, 0.717) is 5.56 Å². The lowest BCUT2D eigenvalue weighted by atomic mass is 10.0. The van der Waals surface area contributed by atoms with Crippen LogP contribution in [0.25, 0.3) is 0 Å². The molecular weight excluding hydrogens is 226 g/mol. The molecule has 0 radical (unpaired) electrons. The highest BCUT2D eigenvalue weighted by molar-refractivity contribution is 5.22. The first-order valence-electron chi connectivity index (χ1n) is 5.06. The maximum absolute atomic E-state index is 13.3. The molecule has 0 amide bonds. The number of aromatic nitrogens is 2. The molecule has 1 heterocycles. The molecule has 1 aromatic carbocycles. The van der Waals surface area contributed by atoms with Gasteiger partial charge in [0.25, 0.3) is 0 Å². The third kappa shape index (κ3) is 2.62. The van der Waals surface area contributed by atoms with Crippen LogP contribution < -0.4 is 0 Å². The Morgan fingerprint density at radius 2 is 1.82 bits per heavy atom. The lowest BCUT2D eigenvalue weighted by Crippen LogP contribution is -2.06. The fourth-order valence-electron chi connectivity index (χ4n) is 1.54. The van der Waals surface area contributed by atoms with Gasteiger partial charge in [-0.3, -0.25) is 0 Å². The normalized spacial score (nSPS) is 12.4. The Morgan fingerprint density at radius 1 is 1.12 bits per heavy atom. The highest BCUT2D eigenvalue weighted by Crippen LogP contribution is 2.21. The van der Waals surface area contributed by atoms with Gasteiger partial charge in [-0.15, -0.1) is 0 Å². The van der Waals surface area contributed by atoms with Crippen molar-refractivity contribution in [2.75, 3.05) is 0 Å². The summed E-state index contributed by atoms with van der Waals surface area (Å²) in [6.07, 6.45) is 1.64. The predicted octanol–water partition coefficient (Wildman–Crippen LogP) is 2.03. The lowest BCUT2D eigenvalue weighted by Gasteiger charge is -2.11. The first-order valence-corrected chi connectivity index (χ1v) is 5.06. The lowest BCUT2D eigenvalue weighted by molar-refractivity contribution is 0.175. The predicted molar refractivity (Wildman–Crippen MR) is 57.1 cm³/mol. The Morgan fingerprint density at radius 3 is 2.41 bits per heavy atom. The van der Waals surface area contributed by atoms with Crippen LogP contribution in [0, 0.1) is 11.6 Å². The van der Waals surface area contributed by atoms with Crippen molar-refractivity contribution >= 4 is 0 Å². The molecule has 0 aliphatic heterocycles. The van der Waals surface area contributed by atoms with E-state index in [2.05, 4.69) is 10.2 Å². The van der Waals surface area contributed by atoms with Gasteiger partial charge in [-0.1, -0.05) is 6.07 Å². The third-order valence-electron chi connectivity index (χ3n) is 2.45. The SMILES string of the molecule is OC(Cc1c(F)cccc1F)c1ccnnc1. The van der Waals surface area contributed by atoms with Crippen LogP contribution in [0.4, 0.5) is 8.78 Å². The molecule has 2 rings (SSSR count). The van der Waals surface area contributed by atoms with Crippen LogP contribution in [-0.2, 0) is 6.42 Å². The largest absolute Gasteiger partial charge is 0.388 e. The summed E-state index contributed by atoms with van der Waals surface area (Å²) in [7, 11) is 0. The molecular formula is C12H10F2N2O. The van der Waals surface area contributed by atoms with Gasteiger partial charge < -0.3 is 5.11 Å². The van der Waals surface area contributed by atoms with E-state index >= 15 is 0 Å². The minimum absolute atomic E-state index is 0.128. The van der Waals surface area contributed by atoms with Crippen LogP contribution in [-0.4, -0.2) is 15.3 Å². The summed E-state index contributed by atoms with van der Waals surface area (Å²) in [5.41, 5.74) is 0.347. The van der Waals surface area contributed by atoms with Crippen molar-refractivity contribution in [3.63, 3.8) is 0 Å². The molecule has 1 N–H and O–H groups in total. The first-order chi connectivity index (χ1) is 8.18. The average Bonchev–Trinajstić information content (AvgIpc) is 2.35. The number of hydrogen-bond acceptors (Lipinski definition) is 3. The third-order valence-corrected chi connectivity index (χ3v) is 2.45. The molecule has 1 unspecified atom stereocenters. The molecule has 1 aromatic heterocycles. The van der Waals surface area contributed by atoms with Crippen LogP contribution in [0.5, 0.6) is 0 Å². The maximum Gasteiger partial charge on any atom is 0.129 e. The van der Waals surface area contributed by atoms with Crippen molar-refractivity contribution < 1.29 is 13.9 Å². The van der Waals surface area contributed by atoms with Gasteiger partial charge in [-0.25, -0.2) is 8.78 Å². The van der Waals surface area contributed by atoms with E-state index in [9.17, 15) is 13.9 Å².